The summed E-state index contributed by atoms with van der Waals surface area (Å²) in [6.45, 7) is 12.1. The molecule has 1 aromatic carbocycles. The van der Waals surface area contributed by atoms with E-state index in [2.05, 4.69) is 56.4 Å². The van der Waals surface area contributed by atoms with Gasteiger partial charge < -0.3 is 14.7 Å². The van der Waals surface area contributed by atoms with Crippen LogP contribution in [0.15, 0.2) is 46.1 Å². The number of aliphatic imine (C=N–C) groups is 1. The van der Waals surface area contributed by atoms with Crippen molar-refractivity contribution < 1.29 is 4.52 Å². The van der Waals surface area contributed by atoms with E-state index in [1.807, 2.05) is 6.07 Å². The van der Waals surface area contributed by atoms with E-state index < -0.39 is 0 Å². The third-order valence-electron chi connectivity index (χ3n) is 6.17. The van der Waals surface area contributed by atoms with Gasteiger partial charge in [0.25, 0.3) is 0 Å². The summed E-state index contributed by atoms with van der Waals surface area (Å²) in [4.78, 5) is 12.3. The topological polar surface area (TPSA) is 60.1 Å². The molecule has 0 amide bonds. The predicted molar refractivity (Wildman–Crippen MR) is 139 cm³/mol. The van der Waals surface area contributed by atoms with E-state index in [1.165, 1.54) is 43.5 Å². The zero-order valence-electron chi connectivity index (χ0n) is 19.2. The van der Waals surface area contributed by atoms with Crippen molar-refractivity contribution in [3.05, 3.63) is 53.4 Å². The lowest BCUT2D eigenvalue weighted by Gasteiger charge is -2.36. The number of nitrogens with zero attached hydrogens (tertiary/aromatic N) is 5. The van der Waals surface area contributed by atoms with Crippen molar-refractivity contribution in [2.24, 2.45) is 4.99 Å². The van der Waals surface area contributed by atoms with E-state index in [-0.39, 0.29) is 24.0 Å². The van der Waals surface area contributed by atoms with Crippen LogP contribution in [0.25, 0.3) is 0 Å². The number of guanidine groups is 1. The van der Waals surface area contributed by atoms with Crippen LogP contribution in [0, 0.1) is 0 Å². The van der Waals surface area contributed by atoms with Gasteiger partial charge in [0, 0.05) is 51.9 Å². The maximum atomic E-state index is 4.95. The number of piperazine rings is 1. The van der Waals surface area contributed by atoms with Crippen LogP contribution in [0.4, 0.5) is 0 Å². The monoisotopic (exact) mass is 552 g/mol. The smallest absolute Gasteiger partial charge is 0.194 e. The molecule has 7 nitrogen and oxygen atoms in total. The maximum absolute atomic E-state index is 4.95. The number of aromatic nitrogens is 1. The molecule has 0 spiro atoms. The average molecular weight is 553 g/mol. The maximum Gasteiger partial charge on any atom is 0.194 e. The fourth-order valence-electron chi connectivity index (χ4n) is 4.38. The van der Waals surface area contributed by atoms with Gasteiger partial charge in [0.15, 0.2) is 5.96 Å². The van der Waals surface area contributed by atoms with Gasteiger partial charge in [0.1, 0.15) is 6.26 Å². The van der Waals surface area contributed by atoms with Gasteiger partial charge in [-0.2, -0.15) is 0 Å². The van der Waals surface area contributed by atoms with Gasteiger partial charge in [0.2, 0.25) is 0 Å². The number of nitrogens with one attached hydrogen (secondary N) is 1. The second-order valence-electron chi connectivity index (χ2n) is 8.58. The Morgan fingerprint density at radius 3 is 2.25 bits per heavy atom. The molecule has 0 aliphatic carbocycles. The number of hydrogen-bond donors (Lipinski definition) is 1. The van der Waals surface area contributed by atoms with Crippen LogP contribution in [-0.4, -0.2) is 71.6 Å². The summed E-state index contributed by atoms with van der Waals surface area (Å²) >= 11 is 0. The molecule has 2 aromatic rings. The third kappa shape index (κ3) is 7.45. The summed E-state index contributed by atoms with van der Waals surface area (Å²) in [5, 5.41) is 7.50. The van der Waals surface area contributed by atoms with Crippen LogP contribution in [-0.2, 0) is 19.6 Å². The van der Waals surface area contributed by atoms with Crippen molar-refractivity contribution >= 4 is 29.9 Å². The van der Waals surface area contributed by atoms with Crippen LogP contribution < -0.4 is 5.32 Å². The van der Waals surface area contributed by atoms with Crippen molar-refractivity contribution in [1.82, 2.24) is 25.2 Å². The molecule has 0 saturated carbocycles. The summed E-state index contributed by atoms with van der Waals surface area (Å²) in [5.41, 5.74) is 3.67. The normalized spacial score (nSPS) is 18.4. The highest BCUT2D eigenvalue weighted by Crippen LogP contribution is 2.14. The molecule has 2 saturated heterocycles. The summed E-state index contributed by atoms with van der Waals surface area (Å²) in [5.74, 6) is 1.01. The van der Waals surface area contributed by atoms with Crippen LogP contribution in [0.1, 0.15) is 43.0 Å². The van der Waals surface area contributed by atoms with Gasteiger partial charge in [-0.05, 0) is 44.0 Å². The fraction of sp³-hybridized carbons (Fsp3) is 0.583. The number of likely N-dealkylation sites (tertiary alicyclic amines) is 1. The largest absolute Gasteiger partial charge is 0.364 e. The summed E-state index contributed by atoms with van der Waals surface area (Å²) in [7, 11) is 0. The van der Waals surface area contributed by atoms with E-state index in [0.717, 1.165) is 57.5 Å². The predicted octanol–water partition coefficient (Wildman–Crippen LogP) is 3.56. The minimum Gasteiger partial charge on any atom is -0.364 e. The second kappa shape index (κ2) is 13.2. The molecule has 0 bridgehead atoms. The zero-order valence-corrected chi connectivity index (χ0v) is 21.5. The first kappa shape index (κ1) is 25.0. The zero-order chi connectivity index (χ0) is 21.3. The van der Waals surface area contributed by atoms with Crippen molar-refractivity contribution in [1.29, 1.82) is 0 Å². The molecular weight excluding hydrogens is 515 g/mol. The van der Waals surface area contributed by atoms with Crippen LogP contribution in [0.3, 0.4) is 0 Å². The lowest BCUT2D eigenvalue weighted by atomic mass is 10.1. The van der Waals surface area contributed by atoms with Crippen molar-refractivity contribution in [3.63, 3.8) is 0 Å². The number of hydrogen-bond acceptors (Lipinski definition) is 5. The molecule has 3 heterocycles. The molecule has 1 aromatic heterocycles. The minimum atomic E-state index is 0. The van der Waals surface area contributed by atoms with Gasteiger partial charge in [-0.25, -0.2) is 4.99 Å². The Morgan fingerprint density at radius 2 is 1.59 bits per heavy atom. The quantitative estimate of drug-likeness (QED) is 0.322. The molecule has 176 valence electrons. The Kier molecular flexibility index (Phi) is 10.3. The van der Waals surface area contributed by atoms with E-state index in [1.54, 1.807) is 6.26 Å². The molecule has 0 atom stereocenters. The highest BCUT2D eigenvalue weighted by molar-refractivity contribution is 14.0. The van der Waals surface area contributed by atoms with E-state index in [4.69, 9.17) is 9.52 Å². The van der Waals surface area contributed by atoms with E-state index in [9.17, 15) is 0 Å². The summed E-state index contributed by atoms with van der Waals surface area (Å²) < 4.78 is 4.95. The van der Waals surface area contributed by atoms with Gasteiger partial charge in [-0.3, -0.25) is 9.80 Å². The highest BCUT2D eigenvalue weighted by Gasteiger charge is 2.20. The van der Waals surface area contributed by atoms with Gasteiger partial charge in [-0.15, -0.1) is 24.0 Å². The summed E-state index contributed by atoms with van der Waals surface area (Å²) in [6, 6.07) is 11.0. The van der Waals surface area contributed by atoms with Crippen molar-refractivity contribution in [2.45, 2.75) is 45.8 Å². The SMILES string of the molecule is CCNC(=NCc1ccc(CN2CCCCC2)cc1)N1CCN(Cc2ccon2)CC1.I. The molecule has 1 N–H and O–H groups in total. The van der Waals surface area contributed by atoms with Gasteiger partial charge >= 0.3 is 0 Å². The standard InChI is InChI=1S/C24H36N6O.HI/c1-2-25-24(30-15-13-29(14-16-30)20-23-10-17-31-27-23)26-18-21-6-8-22(9-7-21)19-28-11-4-3-5-12-28;/h6-10,17H,2-5,11-16,18-20H2,1H3,(H,25,26);1H. The Morgan fingerprint density at radius 1 is 0.906 bits per heavy atom. The molecular formula is C24H37IN6O. The van der Waals surface area contributed by atoms with Crippen molar-refractivity contribution in [2.75, 3.05) is 45.8 Å². The Bertz CT molecular complexity index is 796. The lowest BCUT2D eigenvalue weighted by molar-refractivity contribution is 0.169. The molecule has 32 heavy (non-hydrogen) atoms. The van der Waals surface area contributed by atoms with E-state index >= 15 is 0 Å². The van der Waals surface area contributed by atoms with Crippen LogP contribution in [0.2, 0.25) is 0 Å². The van der Waals surface area contributed by atoms with Gasteiger partial charge in [0.05, 0.1) is 12.2 Å². The number of piperidine rings is 1. The molecule has 2 fully saturated rings. The lowest BCUT2D eigenvalue weighted by Crippen LogP contribution is -2.52. The number of benzene rings is 1. The third-order valence-corrected chi connectivity index (χ3v) is 6.17. The first-order chi connectivity index (χ1) is 15.3. The first-order valence-corrected chi connectivity index (χ1v) is 11.7. The summed E-state index contributed by atoms with van der Waals surface area (Å²) in [6.07, 6.45) is 5.71. The van der Waals surface area contributed by atoms with Crippen molar-refractivity contribution in [3.8, 4) is 0 Å². The second-order valence-corrected chi connectivity index (χ2v) is 8.58. The first-order valence-electron chi connectivity index (χ1n) is 11.7. The molecule has 8 heteroatoms. The Hall–Kier alpha value is -1.65. The molecule has 2 aliphatic heterocycles. The molecule has 4 rings (SSSR count). The number of rotatable bonds is 7. The van der Waals surface area contributed by atoms with Crippen LogP contribution in [0.5, 0.6) is 0 Å². The van der Waals surface area contributed by atoms with Gasteiger partial charge in [-0.1, -0.05) is 35.8 Å². The average Bonchev–Trinajstić information content (AvgIpc) is 3.32. The minimum absolute atomic E-state index is 0. The molecule has 0 radical (unpaired) electrons. The fourth-order valence-corrected chi connectivity index (χ4v) is 4.38. The molecule has 2 aliphatic rings. The Labute approximate surface area is 209 Å². The highest BCUT2D eigenvalue weighted by atomic mass is 127. The van der Waals surface area contributed by atoms with E-state index in [0.29, 0.717) is 6.54 Å². The van der Waals surface area contributed by atoms with Crippen LogP contribution >= 0.6 is 24.0 Å². The Balaban J connectivity index is 0.00000289. The molecule has 0 unspecified atom stereocenters. The number of halogens is 1.